The van der Waals surface area contributed by atoms with Gasteiger partial charge in [0.25, 0.3) is 5.91 Å². The molecule has 0 spiro atoms. The normalized spacial score (nSPS) is 14.4. The van der Waals surface area contributed by atoms with Gasteiger partial charge in [0.15, 0.2) is 5.76 Å². The van der Waals surface area contributed by atoms with Crippen molar-refractivity contribution in [1.29, 1.82) is 0 Å². The summed E-state index contributed by atoms with van der Waals surface area (Å²) in [6.07, 6.45) is 2.45. The molecular weight excluding hydrogens is 393 g/mol. The lowest BCUT2D eigenvalue weighted by Crippen LogP contribution is -2.30. The SMILES string of the molecule is CCN(C(=O)c1oc2c(c1C)/C(=N/Nc1ccc(F)cc1)CCC2)c1cccc(C)c1. The molecule has 0 saturated heterocycles. The summed E-state index contributed by atoms with van der Waals surface area (Å²) in [6, 6.07) is 14.0. The molecule has 0 unspecified atom stereocenters. The molecule has 0 atom stereocenters. The topological polar surface area (TPSA) is 57.8 Å². The third-order valence-electron chi connectivity index (χ3n) is 5.56. The summed E-state index contributed by atoms with van der Waals surface area (Å²) in [4.78, 5) is 15.1. The molecule has 1 aromatic heterocycles. The Labute approximate surface area is 181 Å². The van der Waals surface area contributed by atoms with Crippen LogP contribution >= 0.6 is 0 Å². The van der Waals surface area contributed by atoms with Crippen LogP contribution in [0.5, 0.6) is 0 Å². The summed E-state index contributed by atoms with van der Waals surface area (Å²) < 4.78 is 19.2. The highest BCUT2D eigenvalue weighted by atomic mass is 19.1. The second-order valence-electron chi connectivity index (χ2n) is 7.77. The molecule has 0 bridgehead atoms. The Hall–Kier alpha value is -3.41. The first-order valence-electron chi connectivity index (χ1n) is 10.6. The van der Waals surface area contributed by atoms with Crippen molar-refractivity contribution in [3.05, 3.63) is 82.6 Å². The predicted molar refractivity (Wildman–Crippen MR) is 121 cm³/mol. The van der Waals surface area contributed by atoms with Crippen molar-refractivity contribution >= 4 is 23.0 Å². The highest BCUT2D eigenvalue weighted by Crippen LogP contribution is 2.31. The summed E-state index contributed by atoms with van der Waals surface area (Å²) in [6.45, 7) is 6.42. The van der Waals surface area contributed by atoms with Gasteiger partial charge in [0, 0.05) is 29.8 Å². The highest BCUT2D eigenvalue weighted by molar-refractivity contribution is 6.10. The first-order valence-corrected chi connectivity index (χ1v) is 10.6. The zero-order valence-corrected chi connectivity index (χ0v) is 18.0. The molecule has 5 nitrogen and oxygen atoms in total. The predicted octanol–water partition coefficient (Wildman–Crippen LogP) is 5.85. The molecule has 4 rings (SSSR count). The van der Waals surface area contributed by atoms with Gasteiger partial charge in [-0.1, -0.05) is 12.1 Å². The largest absolute Gasteiger partial charge is 0.455 e. The van der Waals surface area contributed by atoms with Crippen LogP contribution in [0.25, 0.3) is 0 Å². The average molecular weight is 420 g/mol. The molecule has 6 heteroatoms. The van der Waals surface area contributed by atoms with Crippen LogP contribution in [0.1, 0.15) is 52.8 Å². The fourth-order valence-electron chi connectivity index (χ4n) is 4.00. The van der Waals surface area contributed by atoms with Crippen molar-refractivity contribution in [2.75, 3.05) is 16.9 Å². The van der Waals surface area contributed by atoms with Gasteiger partial charge >= 0.3 is 0 Å². The van der Waals surface area contributed by atoms with Crippen LogP contribution in [0.15, 0.2) is 58.0 Å². The van der Waals surface area contributed by atoms with E-state index in [-0.39, 0.29) is 11.7 Å². The first kappa shape index (κ1) is 20.8. The van der Waals surface area contributed by atoms with Crippen molar-refractivity contribution < 1.29 is 13.6 Å². The summed E-state index contributed by atoms with van der Waals surface area (Å²) in [5.74, 6) is 0.726. The summed E-state index contributed by atoms with van der Waals surface area (Å²) in [5.41, 5.74) is 8.22. The lowest BCUT2D eigenvalue weighted by Gasteiger charge is -2.20. The molecule has 31 heavy (non-hydrogen) atoms. The molecule has 0 saturated carbocycles. The molecule has 1 aliphatic rings. The molecule has 0 aliphatic heterocycles. The van der Waals surface area contributed by atoms with E-state index in [1.807, 2.05) is 45.0 Å². The number of nitrogens with zero attached hydrogens (tertiary/aromatic N) is 2. The number of hydrazone groups is 1. The Morgan fingerprint density at radius 1 is 1.16 bits per heavy atom. The minimum atomic E-state index is -0.291. The Morgan fingerprint density at radius 3 is 2.65 bits per heavy atom. The number of carbonyl (C=O) groups is 1. The van der Waals surface area contributed by atoms with E-state index in [2.05, 4.69) is 10.5 Å². The zero-order valence-electron chi connectivity index (χ0n) is 18.0. The molecule has 0 fully saturated rings. The number of furan rings is 1. The van der Waals surface area contributed by atoms with Gasteiger partial charge in [-0.15, -0.1) is 0 Å². The van der Waals surface area contributed by atoms with Gasteiger partial charge in [0.2, 0.25) is 0 Å². The van der Waals surface area contributed by atoms with Gasteiger partial charge in [0.1, 0.15) is 11.6 Å². The minimum absolute atomic E-state index is 0.147. The number of amides is 1. The van der Waals surface area contributed by atoms with Gasteiger partial charge in [-0.05, 0) is 75.6 Å². The van der Waals surface area contributed by atoms with Gasteiger partial charge < -0.3 is 9.32 Å². The molecule has 3 aromatic rings. The maximum atomic E-state index is 13.4. The summed E-state index contributed by atoms with van der Waals surface area (Å²) in [5, 5.41) is 4.55. The number of carbonyl (C=O) groups excluding carboxylic acids is 1. The summed E-state index contributed by atoms with van der Waals surface area (Å²) in [7, 11) is 0. The van der Waals surface area contributed by atoms with E-state index < -0.39 is 0 Å². The Bertz CT molecular complexity index is 1130. The van der Waals surface area contributed by atoms with Crippen molar-refractivity contribution in [2.45, 2.75) is 40.0 Å². The third kappa shape index (κ3) is 4.24. The van der Waals surface area contributed by atoms with E-state index >= 15 is 0 Å². The smallest absolute Gasteiger partial charge is 0.294 e. The van der Waals surface area contributed by atoms with E-state index in [0.29, 0.717) is 18.0 Å². The fraction of sp³-hybridized carbons (Fsp3) is 0.280. The molecular formula is C25H26FN3O2. The molecule has 0 radical (unpaired) electrons. The van der Waals surface area contributed by atoms with Crippen LogP contribution in [-0.2, 0) is 6.42 Å². The number of aryl methyl sites for hydroxylation is 2. The molecule has 1 amide bonds. The van der Waals surface area contributed by atoms with E-state index in [1.54, 1.807) is 17.0 Å². The molecule has 160 valence electrons. The number of nitrogens with one attached hydrogen (secondary N) is 1. The number of rotatable bonds is 5. The molecule has 2 aromatic carbocycles. The highest BCUT2D eigenvalue weighted by Gasteiger charge is 2.30. The third-order valence-corrected chi connectivity index (χ3v) is 5.56. The number of benzene rings is 2. The standard InChI is InChI=1S/C25H26FN3O2/c1-4-29(20-8-5-7-16(2)15-20)25(30)24-17(3)23-21(9-6-10-22(23)31-24)28-27-19-13-11-18(26)12-14-19/h5,7-8,11-15,27H,4,6,9-10H2,1-3H3/b28-21+. The van der Waals surface area contributed by atoms with E-state index in [9.17, 15) is 9.18 Å². The van der Waals surface area contributed by atoms with Crippen LogP contribution in [0.3, 0.4) is 0 Å². The van der Waals surface area contributed by atoms with Gasteiger partial charge in [-0.3, -0.25) is 10.2 Å². The second-order valence-corrected chi connectivity index (χ2v) is 7.77. The van der Waals surface area contributed by atoms with Gasteiger partial charge in [0.05, 0.1) is 11.4 Å². The Kier molecular flexibility index (Phi) is 5.89. The van der Waals surface area contributed by atoms with Crippen LogP contribution in [0.2, 0.25) is 0 Å². The van der Waals surface area contributed by atoms with E-state index in [1.165, 1.54) is 12.1 Å². The number of hydrogen-bond acceptors (Lipinski definition) is 4. The Morgan fingerprint density at radius 2 is 1.94 bits per heavy atom. The number of halogens is 1. The molecule has 1 aliphatic carbocycles. The van der Waals surface area contributed by atoms with Crippen LogP contribution in [0, 0.1) is 19.7 Å². The maximum absolute atomic E-state index is 13.4. The van der Waals surface area contributed by atoms with Crippen molar-refractivity contribution in [3.63, 3.8) is 0 Å². The molecule has 1 N–H and O–H groups in total. The zero-order chi connectivity index (χ0) is 22.0. The van der Waals surface area contributed by atoms with Gasteiger partial charge in [-0.2, -0.15) is 5.10 Å². The summed E-state index contributed by atoms with van der Waals surface area (Å²) >= 11 is 0. The first-order chi connectivity index (χ1) is 15.0. The number of fused-ring (bicyclic) bond motifs is 1. The van der Waals surface area contributed by atoms with E-state index in [0.717, 1.165) is 53.1 Å². The van der Waals surface area contributed by atoms with Crippen LogP contribution < -0.4 is 10.3 Å². The van der Waals surface area contributed by atoms with Crippen LogP contribution in [-0.4, -0.2) is 18.2 Å². The molecule has 1 heterocycles. The van der Waals surface area contributed by atoms with Crippen molar-refractivity contribution in [3.8, 4) is 0 Å². The van der Waals surface area contributed by atoms with Crippen molar-refractivity contribution in [1.82, 2.24) is 0 Å². The Balaban J connectivity index is 1.65. The maximum Gasteiger partial charge on any atom is 0.294 e. The second kappa shape index (κ2) is 8.76. The van der Waals surface area contributed by atoms with Gasteiger partial charge in [-0.25, -0.2) is 4.39 Å². The number of anilines is 2. The van der Waals surface area contributed by atoms with Crippen molar-refractivity contribution in [2.24, 2.45) is 5.10 Å². The lowest BCUT2D eigenvalue weighted by molar-refractivity contribution is 0.0959. The average Bonchev–Trinajstić information content (AvgIpc) is 3.11. The lowest BCUT2D eigenvalue weighted by atomic mass is 9.93. The number of hydrogen-bond donors (Lipinski definition) is 1. The monoisotopic (exact) mass is 419 g/mol. The van der Waals surface area contributed by atoms with Crippen LogP contribution in [0.4, 0.5) is 15.8 Å². The fourth-order valence-corrected chi connectivity index (χ4v) is 4.00. The minimum Gasteiger partial charge on any atom is -0.455 e. The quantitative estimate of drug-likeness (QED) is 0.528. The van der Waals surface area contributed by atoms with E-state index in [4.69, 9.17) is 4.42 Å².